The van der Waals surface area contributed by atoms with Crippen molar-refractivity contribution in [2.75, 3.05) is 6.26 Å². The van der Waals surface area contributed by atoms with Crippen molar-refractivity contribution in [3.63, 3.8) is 0 Å². The summed E-state index contributed by atoms with van der Waals surface area (Å²) in [6, 6.07) is 6.01. The van der Waals surface area contributed by atoms with Crippen LogP contribution in [0.3, 0.4) is 0 Å². The molecule has 1 N–H and O–H groups in total. The van der Waals surface area contributed by atoms with Gasteiger partial charge in [0.05, 0.1) is 10.6 Å². The second-order valence-electron chi connectivity index (χ2n) is 7.00. The second kappa shape index (κ2) is 6.70. The van der Waals surface area contributed by atoms with Gasteiger partial charge in [-0.05, 0) is 43.2 Å². The van der Waals surface area contributed by atoms with Gasteiger partial charge < -0.3 is 14.4 Å². The van der Waals surface area contributed by atoms with Crippen molar-refractivity contribution >= 4 is 26.6 Å². The van der Waals surface area contributed by atoms with E-state index < -0.39 is 15.5 Å². The first kappa shape index (κ1) is 19.1. The van der Waals surface area contributed by atoms with Crippen molar-refractivity contribution in [2.24, 2.45) is 5.16 Å². The van der Waals surface area contributed by atoms with E-state index in [-0.39, 0.29) is 33.4 Å². The van der Waals surface area contributed by atoms with Gasteiger partial charge in [0, 0.05) is 24.4 Å². The Morgan fingerprint density at radius 1 is 1.21 bits per heavy atom. The molecule has 0 amide bonds. The fourth-order valence-electron chi connectivity index (χ4n) is 3.53. The molecule has 2 aromatic heterocycles. The number of hydrogen-bond donors (Lipinski definition) is 1. The molecular weight excluding hydrogens is 396 g/mol. The number of sulfone groups is 1. The number of pyridine rings is 1. The van der Waals surface area contributed by atoms with E-state index in [0.29, 0.717) is 28.8 Å². The van der Waals surface area contributed by atoms with E-state index in [1.54, 1.807) is 13.0 Å². The Bertz CT molecular complexity index is 1340. The number of fused-ring (bicyclic) bond motifs is 1. The van der Waals surface area contributed by atoms with E-state index in [4.69, 9.17) is 9.25 Å². The van der Waals surface area contributed by atoms with Crippen molar-refractivity contribution in [2.45, 2.75) is 31.3 Å². The maximum Gasteiger partial charge on any atom is 0.348 e. The third kappa shape index (κ3) is 3.17. The molecule has 0 saturated carbocycles. The Kier molecular flexibility index (Phi) is 4.42. The first-order valence-electron chi connectivity index (χ1n) is 8.86. The summed E-state index contributed by atoms with van der Waals surface area (Å²) < 4.78 is 30.0. The van der Waals surface area contributed by atoms with Crippen LogP contribution in [0.25, 0.3) is 22.2 Å². The molecule has 0 radical (unpaired) electrons. The lowest BCUT2D eigenvalue weighted by Crippen LogP contribution is -2.14. The molecule has 1 aliphatic rings. The van der Waals surface area contributed by atoms with Gasteiger partial charge >= 0.3 is 5.63 Å². The molecule has 3 aromatic rings. The topological polar surface area (TPSA) is 119 Å². The minimum Gasteiger partial charge on any atom is -0.505 e. The van der Waals surface area contributed by atoms with E-state index in [1.165, 1.54) is 24.4 Å². The van der Waals surface area contributed by atoms with Gasteiger partial charge in [0.1, 0.15) is 17.2 Å². The molecule has 150 valence electrons. The van der Waals surface area contributed by atoms with Crippen molar-refractivity contribution in [1.29, 1.82) is 0 Å². The molecule has 0 bridgehead atoms. The molecule has 4 rings (SSSR count). The maximum absolute atomic E-state index is 12.6. The van der Waals surface area contributed by atoms with Gasteiger partial charge in [0.25, 0.3) is 0 Å². The van der Waals surface area contributed by atoms with E-state index in [0.717, 1.165) is 6.26 Å². The van der Waals surface area contributed by atoms with E-state index in [9.17, 15) is 18.3 Å². The predicted octanol–water partition coefficient (Wildman–Crippen LogP) is 2.79. The fraction of sp³-hybridized carbons (Fsp3) is 0.250. The molecule has 1 unspecified atom stereocenters. The monoisotopic (exact) mass is 414 g/mol. The normalized spacial score (nSPS) is 16.7. The second-order valence-corrected chi connectivity index (χ2v) is 8.99. The van der Waals surface area contributed by atoms with Crippen molar-refractivity contribution in [1.82, 2.24) is 4.98 Å². The van der Waals surface area contributed by atoms with Gasteiger partial charge in [0.2, 0.25) is 0 Å². The van der Waals surface area contributed by atoms with Crippen LogP contribution in [0.4, 0.5) is 0 Å². The van der Waals surface area contributed by atoms with E-state index in [2.05, 4.69) is 10.1 Å². The van der Waals surface area contributed by atoms with Crippen molar-refractivity contribution < 1.29 is 22.8 Å². The molecule has 9 heteroatoms. The summed E-state index contributed by atoms with van der Waals surface area (Å²) in [4.78, 5) is 22.1. The highest BCUT2D eigenvalue weighted by Gasteiger charge is 2.28. The van der Waals surface area contributed by atoms with Gasteiger partial charge in [-0.1, -0.05) is 11.2 Å². The first-order valence-corrected chi connectivity index (χ1v) is 10.8. The van der Waals surface area contributed by atoms with E-state index in [1.807, 2.05) is 6.92 Å². The smallest absolute Gasteiger partial charge is 0.348 e. The van der Waals surface area contributed by atoms with Crippen LogP contribution < -0.4 is 5.63 Å². The lowest BCUT2D eigenvalue weighted by molar-refractivity contribution is 0.0995. The lowest BCUT2D eigenvalue weighted by Gasteiger charge is -2.15. The molecule has 8 nitrogen and oxygen atoms in total. The SMILES string of the molecule is Cc1c(-c2c(O)c3ncccc3oc2=O)ccc(S(C)(=O)=O)c1C1=NOC(C)C1. The summed E-state index contributed by atoms with van der Waals surface area (Å²) in [7, 11) is -3.58. The predicted molar refractivity (Wildman–Crippen MR) is 107 cm³/mol. The highest BCUT2D eigenvalue weighted by atomic mass is 32.2. The molecule has 0 spiro atoms. The number of aromatic hydroxyl groups is 1. The Morgan fingerprint density at radius 2 is 1.97 bits per heavy atom. The van der Waals surface area contributed by atoms with Crippen LogP contribution in [-0.4, -0.2) is 36.6 Å². The Hall–Kier alpha value is -3.20. The Balaban J connectivity index is 2.05. The zero-order valence-electron chi connectivity index (χ0n) is 16.0. The quantitative estimate of drug-likeness (QED) is 0.700. The van der Waals surface area contributed by atoms with Crippen LogP contribution in [0.1, 0.15) is 24.5 Å². The molecule has 29 heavy (non-hydrogen) atoms. The minimum atomic E-state index is -3.58. The highest BCUT2D eigenvalue weighted by Crippen LogP contribution is 2.37. The van der Waals surface area contributed by atoms with E-state index >= 15 is 0 Å². The van der Waals surface area contributed by atoms with Crippen LogP contribution in [0, 0.1) is 6.92 Å². The third-order valence-electron chi connectivity index (χ3n) is 4.85. The first-order chi connectivity index (χ1) is 13.7. The van der Waals surface area contributed by atoms with Crippen LogP contribution in [0.15, 0.2) is 49.7 Å². The fourth-order valence-corrected chi connectivity index (χ4v) is 4.48. The maximum atomic E-state index is 12.6. The number of rotatable bonds is 3. The summed E-state index contributed by atoms with van der Waals surface area (Å²) in [6.07, 6.45) is 2.82. The molecule has 1 aliphatic heterocycles. The summed E-state index contributed by atoms with van der Waals surface area (Å²) >= 11 is 0. The van der Waals surface area contributed by atoms with Gasteiger partial charge in [-0.2, -0.15) is 0 Å². The Labute approximate surface area is 166 Å². The van der Waals surface area contributed by atoms with Crippen LogP contribution in [-0.2, 0) is 14.7 Å². The number of hydrogen-bond acceptors (Lipinski definition) is 8. The molecule has 0 aliphatic carbocycles. The summed E-state index contributed by atoms with van der Waals surface area (Å²) in [6.45, 7) is 3.50. The summed E-state index contributed by atoms with van der Waals surface area (Å²) in [5.74, 6) is -0.323. The molecule has 1 atom stereocenters. The zero-order chi connectivity index (χ0) is 20.9. The van der Waals surface area contributed by atoms with Crippen molar-refractivity contribution in [3.8, 4) is 16.9 Å². The molecule has 0 saturated heterocycles. The standard InChI is InChI=1S/C20H18N2O6S/c1-10-9-13(22-28-10)16-11(2)12(6-7-15(16)29(3,25)26)17-19(23)18-14(27-20(17)24)5-4-8-21-18/h4-8,10,23H,9H2,1-3H3. The summed E-state index contributed by atoms with van der Waals surface area (Å²) in [5, 5.41) is 14.8. The molecule has 1 aromatic carbocycles. The molecular formula is C20H18N2O6S. The molecule has 0 fully saturated rings. The largest absolute Gasteiger partial charge is 0.505 e. The van der Waals surface area contributed by atoms with Gasteiger partial charge in [0.15, 0.2) is 21.2 Å². The van der Waals surface area contributed by atoms with Crippen LogP contribution in [0.5, 0.6) is 5.75 Å². The Morgan fingerprint density at radius 3 is 2.62 bits per heavy atom. The average molecular weight is 414 g/mol. The van der Waals surface area contributed by atoms with Gasteiger partial charge in [-0.15, -0.1) is 0 Å². The number of oxime groups is 1. The van der Waals surface area contributed by atoms with Gasteiger partial charge in [-0.3, -0.25) is 0 Å². The summed E-state index contributed by atoms with van der Waals surface area (Å²) in [5.41, 5.74) is 1.13. The average Bonchev–Trinajstić information content (AvgIpc) is 3.08. The van der Waals surface area contributed by atoms with Crippen molar-refractivity contribution in [3.05, 3.63) is 52.0 Å². The van der Waals surface area contributed by atoms with Crippen LogP contribution in [0.2, 0.25) is 0 Å². The molecule has 3 heterocycles. The van der Waals surface area contributed by atoms with Gasteiger partial charge in [-0.25, -0.2) is 18.2 Å². The minimum absolute atomic E-state index is 0.0810. The van der Waals surface area contributed by atoms with Crippen LogP contribution >= 0.6 is 0 Å². The number of nitrogens with zero attached hydrogens (tertiary/aromatic N) is 2. The lowest BCUT2D eigenvalue weighted by atomic mass is 9.93. The third-order valence-corrected chi connectivity index (χ3v) is 5.99. The number of benzene rings is 1. The highest BCUT2D eigenvalue weighted by molar-refractivity contribution is 7.90. The number of aromatic nitrogens is 1. The zero-order valence-corrected chi connectivity index (χ0v) is 16.8.